The summed E-state index contributed by atoms with van der Waals surface area (Å²) in [5.74, 6) is 0. The van der Waals surface area contributed by atoms with Crippen molar-refractivity contribution in [1.82, 2.24) is 4.98 Å². The van der Waals surface area contributed by atoms with Crippen LogP contribution < -0.4 is 0 Å². The van der Waals surface area contributed by atoms with Gasteiger partial charge >= 0.3 is 0 Å². The molecule has 1 heterocycles. The minimum absolute atomic E-state index is 0.00398. The zero-order valence-electron chi connectivity index (χ0n) is 8.59. The molecule has 2 aromatic rings. The molecular weight excluding hydrogens is 200 g/mol. The van der Waals surface area contributed by atoms with Gasteiger partial charge in [-0.25, -0.2) is 4.98 Å². The van der Waals surface area contributed by atoms with E-state index in [4.69, 9.17) is 10.4 Å². The fourth-order valence-electron chi connectivity index (χ4n) is 1.56. The van der Waals surface area contributed by atoms with Gasteiger partial charge in [-0.1, -0.05) is 18.2 Å². The number of rotatable bonds is 2. The first-order valence-corrected chi connectivity index (χ1v) is 4.90. The largest absolute Gasteiger partial charge is 0.392 e. The molecule has 0 aliphatic rings. The van der Waals surface area contributed by atoms with Crippen LogP contribution >= 0.6 is 0 Å². The van der Waals surface area contributed by atoms with E-state index in [1.807, 2.05) is 30.3 Å². The zero-order chi connectivity index (χ0) is 11.4. The highest BCUT2D eigenvalue weighted by atomic mass is 16.3. The quantitative estimate of drug-likeness (QED) is 0.825. The molecule has 0 saturated heterocycles. The number of nitriles is 1. The molecule has 16 heavy (non-hydrogen) atoms. The van der Waals surface area contributed by atoms with Gasteiger partial charge < -0.3 is 5.11 Å². The maximum atomic E-state index is 9.05. The van der Waals surface area contributed by atoms with Crippen molar-refractivity contribution in [2.45, 2.75) is 6.61 Å². The molecule has 0 atom stereocenters. The zero-order valence-corrected chi connectivity index (χ0v) is 8.59. The van der Waals surface area contributed by atoms with Gasteiger partial charge in [0, 0.05) is 11.8 Å². The first-order chi connectivity index (χ1) is 7.85. The van der Waals surface area contributed by atoms with Crippen molar-refractivity contribution in [1.29, 1.82) is 5.26 Å². The average molecular weight is 210 g/mol. The monoisotopic (exact) mass is 210 g/mol. The molecule has 3 nitrogen and oxygen atoms in total. The second kappa shape index (κ2) is 4.56. The molecule has 1 aromatic carbocycles. The number of aliphatic hydroxyl groups excluding tert-OH is 1. The Labute approximate surface area is 93.6 Å². The van der Waals surface area contributed by atoms with Crippen LogP contribution in [-0.4, -0.2) is 10.1 Å². The Morgan fingerprint density at radius 2 is 2.12 bits per heavy atom. The predicted molar refractivity (Wildman–Crippen MR) is 60.3 cm³/mol. The van der Waals surface area contributed by atoms with Crippen LogP contribution in [-0.2, 0) is 6.61 Å². The van der Waals surface area contributed by atoms with Crippen LogP contribution in [0.3, 0.4) is 0 Å². The Morgan fingerprint density at radius 1 is 1.25 bits per heavy atom. The summed E-state index contributed by atoms with van der Waals surface area (Å²) < 4.78 is 0. The molecule has 1 aromatic heterocycles. The average Bonchev–Trinajstić information content (AvgIpc) is 2.38. The van der Waals surface area contributed by atoms with Crippen LogP contribution in [0, 0.1) is 11.3 Å². The van der Waals surface area contributed by atoms with E-state index in [0.29, 0.717) is 5.69 Å². The highest BCUT2D eigenvalue weighted by molar-refractivity contribution is 5.68. The Morgan fingerprint density at radius 3 is 2.88 bits per heavy atom. The van der Waals surface area contributed by atoms with Crippen LogP contribution in [0.15, 0.2) is 42.6 Å². The highest BCUT2D eigenvalue weighted by Crippen LogP contribution is 2.22. The van der Waals surface area contributed by atoms with Gasteiger partial charge in [0.05, 0.1) is 6.61 Å². The van der Waals surface area contributed by atoms with Crippen molar-refractivity contribution in [3.8, 4) is 17.2 Å². The second-order valence-electron chi connectivity index (χ2n) is 3.37. The van der Waals surface area contributed by atoms with E-state index >= 15 is 0 Å². The summed E-state index contributed by atoms with van der Waals surface area (Å²) in [6.07, 6.45) is 1.60. The minimum Gasteiger partial charge on any atom is -0.392 e. The van der Waals surface area contributed by atoms with Gasteiger partial charge in [0.1, 0.15) is 11.8 Å². The fourth-order valence-corrected chi connectivity index (χ4v) is 1.56. The van der Waals surface area contributed by atoms with Crippen LogP contribution in [0.5, 0.6) is 0 Å². The SMILES string of the molecule is N#Cc1ncccc1-c1cccc(CO)c1. The third kappa shape index (κ3) is 1.92. The van der Waals surface area contributed by atoms with Crippen LogP contribution in [0.2, 0.25) is 0 Å². The Balaban J connectivity index is 2.55. The molecule has 0 radical (unpaired) electrons. The molecule has 0 aliphatic carbocycles. The second-order valence-corrected chi connectivity index (χ2v) is 3.37. The van der Waals surface area contributed by atoms with Crippen molar-refractivity contribution in [2.75, 3.05) is 0 Å². The summed E-state index contributed by atoms with van der Waals surface area (Å²) in [7, 11) is 0. The first kappa shape index (κ1) is 10.3. The summed E-state index contributed by atoms with van der Waals surface area (Å²) in [6, 6.07) is 13.2. The number of nitrogens with zero attached hydrogens (tertiary/aromatic N) is 2. The van der Waals surface area contributed by atoms with Crippen molar-refractivity contribution >= 4 is 0 Å². The van der Waals surface area contributed by atoms with E-state index < -0.39 is 0 Å². The van der Waals surface area contributed by atoms with Crippen molar-refractivity contribution in [3.05, 3.63) is 53.9 Å². The van der Waals surface area contributed by atoms with Crippen LogP contribution in [0.25, 0.3) is 11.1 Å². The topological polar surface area (TPSA) is 56.9 Å². The van der Waals surface area contributed by atoms with Gasteiger partial charge in [-0.15, -0.1) is 0 Å². The summed E-state index contributed by atoms with van der Waals surface area (Å²) in [6.45, 7) is -0.00398. The maximum Gasteiger partial charge on any atom is 0.148 e. The van der Waals surface area contributed by atoms with Crippen molar-refractivity contribution < 1.29 is 5.11 Å². The summed E-state index contributed by atoms with van der Waals surface area (Å²) in [4.78, 5) is 4.01. The Hall–Kier alpha value is -2.18. The third-order valence-electron chi connectivity index (χ3n) is 2.33. The minimum atomic E-state index is -0.00398. The molecule has 0 aliphatic heterocycles. The lowest BCUT2D eigenvalue weighted by atomic mass is 10.0. The lowest BCUT2D eigenvalue weighted by molar-refractivity contribution is 0.282. The number of hydrogen-bond donors (Lipinski definition) is 1. The molecular formula is C13H10N2O. The molecule has 0 amide bonds. The van der Waals surface area contributed by atoms with Gasteiger partial charge in [0.15, 0.2) is 0 Å². The van der Waals surface area contributed by atoms with Gasteiger partial charge in [-0.3, -0.25) is 0 Å². The smallest absolute Gasteiger partial charge is 0.148 e. The highest BCUT2D eigenvalue weighted by Gasteiger charge is 2.05. The predicted octanol–water partition coefficient (Wildman–Crippen LogP) is 2.11. The molecule has 0 spiro atoms. The lowest BCUT2D eigenvalue weighted by Crippen LogP contribution is -1.89. The van der Waals surface area contributed by atoms with Gasteiger partial charge in [-0.2, -0.15) is 5.26 Å². The lowest BCUT2D eigenvalue weighted by Gasteiger charge is -2.04. The molecule has 1 N–H and O–H groups in total. The number of pyridine rings is 1. The van der Waals surface area contributed by atoms with Crippen LogP contribution in [0.4, 0.5) is 0 Å². The van der Waals surface area contributed by atoms with Gasteiger partial charge in [0.25, 0.3) is 0 Å². The molecule has 3 heteroatoms. The molecule has 0 fully saturated rings. The summed E-state index contributed by atoms with van der Waals surface area (Å²) >= 11 is 0. The van der Waals surface area contributed by atoms with E-state index in [1.165, 1.54) is 0 Å². The van der Waals surface area contributed by atoms with E-state index in [0.717, 1.165) is 16.7 Å². The Bertz CT molecular complexity index is 544. The van der Waals surface area contributed by atoms with E-state index in [9.17, 15) is 0 Å². The number of aliphatic hydroxyl groups is 1. The molecule has 0 unspecified atom stereocenters. The number of aromatic nitrogens is 1. The fraction of sp³-hybridized carbons (Fsp3) is 0.0769. The summed E-state index contributed by atoms with van der Waals surface area (Å²) in [5.41, 5.74) is 2.92. The van der Waals surface area contributed by atoms with Crippen molar-refractivity contribution in [3.63, 3.8) is 0 Å². The molecule has 0 bridgehead atoms. The third-order valence-corrected chi connectivity index (χ3v) is 2.33. The van der Waals surface area contributed by atoms with Gasteiger partial charge in [0.2, 0.25) is 0 Å². The van der Waals surface area contributed by atoms with Gasteiger partial charge in [-0.05, 0) is 29.3 Å². The Kier molecular flexibility index (Phi) is 2.95. The standard InChI is InChI=1S/C13H10N2O/c14-8-13-12(5-2-6-15-13)11-4-1-3-10(7-11)9-16/h1-7,16H,9H2. The number of hydrogen-bond acceptors (Lipinski definition) is 3. The molecule has 78 valence electrons. The summed E-state index contributed by atoms with van der Waals surface area (Å²) in [5, 5.41) is 18.0. The van der Waals surface area contributed by atoms with E-state index in [1.54, 1.807) is 12.3 Å². The molecule has 0 saturated carbocycles. The van der Waals surface area contributed by atoms with E-state index in [-0.39, 0.29) is 6.61 Å². The van der Waals surface area contributed by atoms with E-state index in [2.05, 4.69) is 11.1 Å². The molecule has 2 rings (SSSR count). The number of benzene rings is 1. The maximum absolute atomic E-state index is 9.05. The normalized spacial score (nSPS) is 9.75. The van der Waals surface area contributed by atoms with Crippen LogP contribution in [0.1, 0.15) is 11.3 Å². The van der Waals surface area contributed by atoms with Crippen molar-refractivity contribution in [2.24, 2.45) is 0 Å². The first-order valence-electron chi connectivity index (χ1n) is 4.90.